The molecular formula is C20H18N4O4S. The molecule has 1 N–H and O–H groups in total. The minimum atomic E-state index is -3.87. The Morgan fingerprint density at radius 2 is 1.90 bits per heavy atom. The smallest absolute Gasteiger partial charge is 0.265 e. The maximum atomic E-state index is 12.9. The number of nitrogens with one attached hydrogen (secondary N) is 1. The van der Waals surface area contributed by atoms with Crippen molar-refractivity contribution in [2.75, 3.05) is 18.9 Å². The summed E-state index contributed by atoms with van der Waals surface area (Å²) >= 11 is 0. The van der Waals surface area contributed by atoms with Crippen LogP contribution in [-0.2, 0) is 10.0 Å². The van der Waals surface area contributed by atoms with Crippen LogP contribution in [0.4, 0.5) is 5.69 Å². The third-order valence-corrected chi connectivity index (χ3v) is 5.73. The Hall–Kier alpha value is -3.59. The van der Waals surface area contributed by atoms with Crippen molar-refractivity contribution in [2.45, 2.75) is 4.90 Å². The maximum Gasteiger partial charge on any atom is 0.265 e. The second kappa shape index (κ2) is 7.44. The van der Waals surface area contributed by atoms with Gasteiger partial charge in [-0.3, -0.25) is 9.12 Å². The summed E-state index contributed by atoms with van der Waals surface area (Å²) in [7, 11) is -0.963. The van der Waals surface area contributed by atoms with Crippen molar-refractivity contribution in [3.8, 4) is 22.8 Å². The molecule has 0 unspecified atom stereocenters. The Morgan fingerprint density at radius 1 is 1.03 bits per heavy atom. The number of hydrogen-bond donors (Lipinski definition) is 1. The number of aromatic nitrogens is 3. The van der Waals surface area contributed by atoms with Gasteiger partial charge in [-0.25, -0.2) is 18.4 Å². The molecule has 0 saturated heterocycles. The predicted molar refractivity (Wildman–Crippen MR) is 109 cm³/mol. The number of sulfonamides is 1. The first-order chi connectivity index (χ1) is 14.0. The lowest BCUT2D eigenvalue weighted by Crippen LogP contribution is -2.14. The zero-order valence-electron chi connectivity index (χ0n) is 15.7. The van der Waals surface area contributed by atoms with Gasteiger partial charge < -0.3 is 9.47 Å². The van der Waals surface area contributed by atoms with Crippen LogP contribution in [0.3, 0.4) is 0 Å². The van der Waals surface area contributed by atoms with Gasteiger partial charge in [-0.15, -0.1) is 0 Å². The molecule has 8 nitrogen and oxygen atoms in total. The Kier molecular flexibility index (Phi) is 4.81. The van der Waals surface area contributed by atoms with Crippen molar-refractivity contribution < 1.29 is 17.9 Å². The van der Waals surface area contributed by atoms with E-state index in [1.165, 1.54) is 26.4 Å². The van der Waals surface area contributed by atoms with Crippen LogP contribution in [0.25, 0.3) is 17.0 Å². The summed E-state index contributed by atoms with van der Waals surface area (Å²) in [5.74, 6) is 1.26. The van der Waals surface area contributed by atoms with Crippen LogP contribution in [0.5, 0.6) is 11.5 Å². The van der Waals surface area contributed by atoms with Crippen LogP contribution >= 0.6 is 0 Å². The van der Waals surface area contributed by atoms with Gasteiger partial charge in [0.25, 0.3) is 10.0 Å². The summed E-state index contributed by atoms with van der Waals surface area (Å²) < 4.78 is 40.6. The van der Waals surface area contributed by atoms with Crippen molar-refractivity contribution >= 4 is 21.5 Å². The van der Waals surface area contributed by atoms with E-state index in [1.807, 2.05) is 24.5 Å². The standard InChI is InChI=1S/C20H18N4O4S/c1-27-16-7-8-19(18(12-16)28-2)29(25,26)23-15-6-3-5-14(11-15)17-13-24-10-4-9-21-20(24)22-17/h3-13,23H,1-2H3. The van der Waals surface area contributed by atoms with Crippen molar-refractivity contribution in [2.24, 2.45) is 0 Å². The molecule has 4 rings (SSSR count). The number of hydrogen-bond acceptors (Lipinski definition) is 6. The summed E-state index contributed by atoms with van der Waals surface area (Å²) in [6.07, 6.45) is 5.35. The lowest BCUT2D eigenvalue weighted by Gasteiger charge is -2.13. The number of fused-ring (bicyclic) bond motifs is 1. The monoisotopic (exact) mass is 410 g/mol. The highest BCUT2D eigenvalue weighted by Crippen LogP contribution is 2.30. The van der Waals surface area contributed by atoms with Gasteiger partial charge in [-0.2, -0.15) is 0 Å². The summed E-state index contributed by atoms with van der Waals surface area (Å²) in [5, 5.41) is 0. The summed E-state index contributed by atoms with van der Waals surface area (Å²) in [5.41, 5.74) is 1.86. The molecule has 0 aliphatic heterocycles. The highest BCUT2D eigenvalue weighted by molar-refractivity contribution is 7.92. The topological polar surface area (TPSA) is 94.8 Å². The predicted octanol–water partition coefficient (Wildman–Crippen LogP) is 3.21. The number of anilines is 1. The van der Waals surface area contributed by atoms with Gasteiger partial charge in [0.1, 0.15) is 16.4 Å². The molecule has 29 heavy (non-hydrogen) atoms. The number of ether oxygens (including phenoxy) is 2. The fourth-order valence-electron chi connectivity index (χ4n) is 2.92. The Morgan fingerprint density at radius 3 is 2.66 bits per heavy atom. The number of nitrogens with zero attached hydrogens (tertiary/aromatic N) is 3. The van der Waals surface area contributed by atoms with Crippen molar-refractivity contribution in [3.63, 3.8) is 0 Å². The van der Waals surface area contributed by atoms with E-state index in [4.69, 9.17) is 9.47 Å². The molecule has 0 radical (unpaired) electrons. The lowest BCUT2D eigenvalue weighted by molar-refractivity contribution is 0.386. The van der Waals surface area contributed by atoms with Crippen LogP contribution in [0.15, 0.2) is 72.0 Å². The SMILES string of the molecule is COc1ccc(S(=O)(=O)Nc2cccc(-c3cn4cccnc4n3)c2)c(OC)c1. The molecule has 0 fully saturated rings. The molecule has 4 aromatic rings. The minimum absolute atomic E-state index is 0.0168. The van der Waals surface area contributed by atoms with Crippen LogP contribution < -0.4 is 14.2 Å². The highest BCUT2D eigenvalue weighted by Gasteiger charge is 2.20. The first kappa shape index (κ1) is 18.8. The van der Waals surface area contributed by atoms with Gasteiger partial charge >= 0.3 is 0 Å². The largest absolute Gasteiger partial charge is 0.497 e. The third kappa shape index (κ3) is 3.72. The van der Waals surface area contributed by atoms with Gasteiger partial charge in [0, 0.05) is 35.9 Å². The van der Waals surface area contributed by atoms with E-state index in [-0.39, 0.29) is 10.6 Å². The summed E-state index contributed by atoms with van der Waals surface area (Å²) in [6.45, 7) is 0. The average Bonchev–Trinajstić information content (AvgIpc) is 3.17. The molecule has 9 heteroatoms. The van der Waals surface area contributed by atoms with Crippen LogP contribution in [-0.4, -0.2) is 37.0 Å². The maximum absolute atomic E-state index is 12.9. The van der Waals surface area contributed by atoms with E-state index in [0.29, 0.717) is 22.9 Å². The first-order valence-electron chi connectivity index (χ1n) is 8.65. The second-order valence-electron chi connectivity index (χ2n) is 6.16. The molecule has 2 aromatic carbocycles. The fraction of sp³-hybridized carbons (Fsp3) is 0.100. The Balaban J connectivity index is 1.67. The number of methoxy groups -OCH3 is 2. The molecule has 148 valence electrons. The van der Waals surface area contributed by atoms with Crippen LogP contribution in [0.1, 0.15) is 0 Å². The highest BCUT2D eigenvalue weighted by atomic mass is 32.2. The number of benzene rings is 2. The van der Waals surface area contributed by atoms with Gasteiger partial charge in [-0.05, 0) is 30.3 Å². The van der Waals surface area contributed by atoms with E-state index >= 15 is 0 Å². The van der Waals surface area contributed by atoms with Crippen LogP contribution in [0.2, 0.25) is 0 Å². The summed E-state index contributed by atoms with van der Waals surface area (Å²) in [6, 6.07) is 13.3. The minimum Gasteiger partial charge on any atom is -0.497 e. The molecule has 0 atom stereocenters. The molecule has 0 spiro atoms. The Bertz CT molecular complexity index is 1250. The first-order valence-corrected chi connectivity index (χ1v) is 10.1. The molecule has 0 saturated carbocycles. The second-order valence-corrected chi connectivity index (χ2v) is 7.81. The van der Waals surface area contributed by atoms with Crippen molar-refractivity contribution in [3.05, 3.63) is 67.1 Å². The van der Waals surface area contributed by atoms with Gasteiger partial charge in [-0.1, -0.05) is 12.1 Å². The van der Waals surface area contributed by atoms with Gasteiger partial charge in [0.05, 0.1) is 19.9 Å². The lowest BCUT2D eigenvalue weighted by atomic mass is 10.1. The number of rotatable bonds is 6. The molecular weight excluding hydrogens is 392 g/mol. The van der Waals surface area contributed by atoms with E-state index in [0.717, 1.165) is 5.56 Å². The van der Waals surface area contributed by atoms with E-state index < -0.39 is 10.0 Å². The molecule has 0 bridgehead atoms. The normalized spacial score (nSPS) is 11.4. The molecule has 0 aliphatic carbocycles. The van der Waals surface area contributed by atoms with E-state index in [2.05, 4.69) is 14.7 Å². The average molecular weight is 410 g/mol. The van der Waals surface area contributed by atoms with Crippen molar-refractivity contribution in [1.29, 1.82) is 0 Å². The number of imidazole rings is 1. The van der Waals surface area contributed by atoms with Crippen molar-refractivity contribution in [1.82, 2.24) is 14.4 Å². The van der Waals surface area contributed by atoms with Crippen LogP contribution in [0, 0.1) is 0 Å². The van der Waals surface area contributed by atoms with Gasteiger partial charge in [0.2, 0.25) is 5.78 Å². The van der Waals surface area contributed by atoms with Gasteiger partial charge in [0.15, 0.2) is 0 Å². The molecule has 2 aromatic heterocycles. The quantitative estimate of drug-likeness (QED) is 0.524. The molecule has 0 amide bonds. The van der Waals surface area contributed by atoms with E-state index in [9.17, 15) is 8.42 Å². The molecule has 0 aliphatic rings. The molecule has 2 heterocycles. The summed E-state index contributed by atoms with van der Waals surface area (Å²) in [4.78, 5) is 8.68. The third-order valence-electron chi connectivity index (χ3n) is 4.31. The van der Waals surface area contributed by atoms with E-state index in [1.54, 1.807) is 34.9 Å². The Labute approximate surface area is 167 Å². The zero-order chi connectivity index (χ0) is 20.4. The fourth-order valence-corrected chi connectivity index (χ4v) is 4.12. The zero-order valence-corrected chi connectivity index (χ0v) is 16.6.